The number of halogens is 1. The van der Waals surface area contributed by atoms with E-state index in [-0.39, 0.29) is 36.3 Å². The first kappa shape index (κ1) is 18.1. The third-order valence-electron chi connectivity index (χ3n) is 4.31. The molecule has 1 saturated heterocycles. The number of nitrogens with zero attached hydrogens (tertiary/aromatic N) is 2. The van der Waals surface area contributed by atoms with E-state index < -0.39 is 0 Å². The number of aromatic nitrogens is 2. The molecule has 0 saturated carbocycles. The Kier molecular flexibility index (Phi) is 5.08. The molecule has 26 heavy (non-hydrogen) atoms. The molecule has 0 aliphatic carbocycles. The van der Waals surface area contributed by atoms with Gasteiger partial charge in [0.25, 0.3) is 5.56 Å². The molecule has 0 unspecified atom stereocenters. The van der Waals surface area contributed by atoms with Gasteiger partial charge in [0.2, 0.25) is 11.8 Å². The molecule has 1 aromatic carbocycles. The number of carbonyl (C=O) groups excluding carboxylic acids is 2. The summed E-state index contributed by atoms with van der Waals surface area (Å²) in [6.45, 7) is 3.77. The first-order valence-corrected chi connectivity index (χ1v) is 8.63. The maximum Gasteiger partial charge on any atom is 0.254 e. The summed E-state index contributed by atoms with van der Waals surface area (Å²) in [6.07, 6.45) is 0.149. The van der Waals surface area contributed by atoms with Crippen LogP contribution in [0.2, 0.25) is 5.02 Å². The Morgan fingerprint density at radius 1 is 1.31 bits per heavy atom. The number of benzene rings is 1. The molecule has 3 rings (SSSR count). The Hall–Kier alpha value is -2.67. The van der Waals surface area contributed by atoms with Crippen LogP contribution in [-0.4, -0.2) is 34.4 Å². The van der Waals surface area contributed by atoms with Crippen LogP contribution in [0.5, 0.6) is 0 Å². The average Bonchev–Trinajstić information content (AvgIpc) is 2.92. The molecule has 136 valence electrons. The van der Waals surface area contributed by atoms with E-state index in [4.69, 9.17) is 11.6 Å². The fourth-order valence-electron chi connectivity index (χ4n) is 3.07. The zero-order valence-electron chi connectivity index (χ0n) is 14.5. The summed E-state index contributed by atoms with van der Waals surface area (Å²) in [4.78, 5) is 44.9. The minimum absolute atomic E-state index is 0.0661. The Morgan fingerprint density at radius 3 is 2.65 bits per heavy atom. The fraction of sp³-hybridized carbons (Fsp3) is 0.333. The van der Waals surface area contributed by atoms with Gasteiger partial charge in [-0.15, -0.1) is 0 Å². The SMILES string of the molecule is Cc1nc(C)c(CC(=O)N[C@@H]2CC(=O)N(c3ccc(Cl)cc3)C2)c(=O)[nH]1. The molecular formula is C18H19ClN4O3. The van der Waals surface area contributed by atoms with Gasteiger partial charge in [-0.05, 0) is 38.1 Å². The van der Waals surface area contributed by atoms with E-state index in [1.165, 1.54) is 0 Å². The van der Waals surface area contributed by atoms with Crippen LogP contribution in [0.4, 0.5) is 5.69 Å². The van der Waals surface area contributed by atoms with Gasteiger partial charge in [-0.3, -0.25) is 14.4 Å². The third-order valence-corrected chi connectivity index (χ3v) is 4.56. The minimum atomic E-state index is -0.310. The van der Waals surface area contributed by atoms with Crippen LogP contribution < -0.4 is 15.8 Å². The van der Waals surface area contributed by atoms with Crippen molar-refractivity contribution in [2.75, 3.05) is 11.4 Å². The summed E-state index contributed by atoms with van der Waals surface area (Å²) < 4.78 is 0. The summed E-state index contributed by atoms with van der Waals surface area (Å²) in [5.41, 5.74) is 1.31. The number of carbonyl (C=O) groups is 2. The van der Waals surface area contributed by atoms with Crippen molar-refractivity contribution in [3.63, 3.8) is 0 Å². The van der Waals surface area contributed by atoms with Gasteiger partial charge in [-0.25, -0.2) is 4.98 Å². The lowest BCUT2D eigenvalue weighted by atomic mass is 10.1. The van der Waals surface area contributed by atoms with Gasteiger partial charge in [-0.1, -0.05) is 11.6 Å². The van der Waals surface area contributed by atoms with E-state index >= 15 is 0 Å². The van der Waals surface area contributed by atoms with Crippen LogP contribution in [0.15, 0.2) is 29.1 Å². The summed E-state index contributed by atoms with van der Waals surface area (Å²) >= 11 is 5.87. The van der Waals surface area contributed by atoms with Crippen molar-refractivity contribution in [2.24, 2.45) is 0 Å². The van der Waals surface area contributed by atoms with Crippen LogP contribution in [0.1, 0.15) is 23.5 Å². The molecule has 1 atom stereocenters. The number of anilines is 1. The van der Waals surface area contributed by atoms with E-state index in [0.29, 0.717) is 28.6 Å². The van der Waals surface area contributed by atoms with E-state index in [1.54, 1.807) is 43.0 Å². The zero-order chi connectivity index (χ0) is 18.8. The number of hydrogen-bond acceptors (Lipinski definition) is 4. The summed E-state index contributed by atoms with van der Waals surface area (Å²) in [6, 6.07) is 6.67. The Balaban J connectivity index is 1.65. The van der Waals surface area contributed by atoms with Crippen molar-refractivity contribution in [3.8, 4) is 0 Å². The molecule has 8 heteroatoms. The standard InChI is InChI=1S/C18H19ClN4O3/c1-10-15(18(26)21-11(2)20-10)8-16(24)22-13-7-17(25)23(9-13)14-5-3-12(19)4-6-14/h3-6,13H,7-9H2,1-2H3,(H,22,24)(H,20,21,26)/t13-/m1/s1. The van der Waals surface area contributed by atoms with Gasteiger partial charge in [0.05, 0.1) is 12.5 Å². The maximum absolute atomic E-state index is 12.3. The van der Waals surface area contributed by atoms with Gasteiger partial charge < -0.3 is 15.2 Å². The zero-order valence-corrected chi connectivity index (χ0v) is 15.3. The smallest absolute Gasteiger partial charge is 0.254 e. The highest BCUT2D eigenvalue weighted by molar-refractivity contribution is 6.30. The lowest BCUT2D eigenvalue weighted by molar-refractivity contribution is -0.121. The second kappa shape index (κ2) is 7.29. The number of H-pyrrole nitrogens is 1. The molecule has 0 spiro atoms. The quantitative estimate of drug-likeness (QED) is 0.847. The molecule has 2 N–H and O–H groups in total. The molecule has 1 aromatic heterocycles. The van der Waals surface area contributed by atoms with Crippen LogP contribution >= 0.6 is 11.6 Å². The Labute approximate surface area is 155 Å². The van der Waals surface area contributed by atoms with Crippen molar-refractivity contribution in [1.29, 1.82) is 0 Å². The van der Waals surface area contributed by atoms with Crippen molar-refractivity contribution in [3.05, 3.63) is 56.7 Å². The topological polar surface area (TPSA) is 95.2 Å². The van der Waals surface area contributed by atoms with Crippen molar-refractivity contribution >= 4 is 29.1 Å². The summed E-state index contributed by atoms with van der Waals surface area (Å²) in [7, 11) is 0. The van der Waals surface area contributed by atoms with Crippen LogP contribution in [-0.2, 0) is 16.0 Å². The van der Waals surface area contributed by atoms with Gasteiger partial charge in [0.1, 0.15) is 5.82 Å². The molecule has 1 aliphatic rings. The molecule has 2 amide bonds. The molecule has 7 nitrogen and oxygen atoms in total. The third kappa shape index (κ3) is 3.94. The number of aryl methyl sites for hydroxylation is 2. The second-order valence-electron chi connectivity index (χ2n) is 6.34. The predicted octanol–water partition coefficient (Wildman–Crippen LogP) is 1.50. The van der Waals surface area contributed by atoms with E-state index in [0.717, 1.165) is 5.69 Å². The molecule has 0 bridgehead atoms. The highest BCUT2D eigenvalue weighted by atomic mass is 35.5. The number of amides is 2. The second-order valence-corrected chi connectivity index (χ2v) is 6.78. The molecule has 1 fully saturated rings. The average molecular weight is 375 g/mol. The number of rotatable bonds is 4. The van der Waals surface area contributed by atoms with Crippen LogP contribution in [0.3, 0.4) is 0 Å². The molecule has 0 radical (unpaired) electrons. The molecule has 1 aliphatic heterocycles. The largest absolute Gasteiger partial charge is 0.351 e. The summed E-state index contributed by atoms with van der Waals surface area (Å²) in [5.74, 6) is 0.139. The number of nitrogens with one attached hydrogen (secondary N) is 2. The van der Waals surface area contributed by atoms with Gasteiger partial charge in [-0.2, -0.15) is 0 Å². The monoisotopic (exact) mass is 374 g/mol. The highest BCUT2D eigenvalue weighted by Crippen LogP contribution is 2.23. The lowest BCUT2D eigenvalue weighted by Gasteiger charge is -2.17. The first-order valence-electron chi connectivity index (χ1n) is 8.25. The number of aromatic amines is 1. The first-order chi connectivity index (χ1) is 12.3. The van der Waals surface area contributed by atoms with Crippen LogP contribution in [0, 0.1) is 13.8 Å². The normalized spacial score (nSPS) is 16.8. The Bertz CT molecular complexity index is 908. The fourth-order valence-corrected chi connectivity index (χ4v) is 3.20. The molecule has 2 heterocycles. The Morgan fingerprint density at radius 2 is 2.00 bits per heavy atom. The minimum Gasteiger partial charge on any atom is -0.351 e. The van der Waals surface area contributed by atoms with E-state index in [2.05, 4.69) is 15.3 Å². The van der Waals surface area contributed by atoms with Crippen molar-refractivity contribution in [2.45, 2.75) is 32.7 Å². The predicted molar refractivity (Wildman–Crippen MR) is 98.4 cm³/mol. The van der Waals surface area contributed by atoms with E-state index in [1.807, 2.05) is 0 Å². The van der Waals surface area contributed by atoms with Gasteiger partial charge >= 0.3 is 0 Å². The van der Waals surface area contributed by atoms with Gasteiger partial charge in [0, 0.05) is 34.9 Å². The molecule has 2 aromatic rings. The molecular weight excluding hydrogens is 356 g/mol. The summed E-state index contributed by atoms with van der Waals surface area (Å²) in [5, 5.41) is 3.42. The van der Waals surface area contributed by atoms with Gasteiger partial charge in [0.15, 0.2) is 0 Å². The van der Waals surface area contributed by atoms with Crippen molar-refractivity contribution < 1.29 is 9.59 Å². The van der Waals surface area contributed by atoms with E-state index in [9.17, 15) is 14.4 Å². The maximum atomic E-state index is 12.3. The van der Waals surface area contributed by atoms with Crippen molar-refractivity contribution in [1.82, 2.24) is 15.3 Å². The van der Waals surface area contributed by atoms with Crippen LogP contribution in [0.25, 0.3) is 0 Å². The highest BCUT2D eigenvalue weighted by Gasteiger charge is 2.31. The number of hydrogen-bond donors (Lipinski definition) is 2. The lowest BCUT2D eigenvalue weighted by Crippen LogP contribution is -2.39.